The van der Waals surface area contributed by atoms with Crippen LogP contribution in [0, 0.1) is 0 Å². The SMILES string of the molecule is Cn1cc(-c2cccc(-c3ncc(-c4cnn(C5CCCC(S(C)(=O)=O)C5)c4)cn3)c2)cn1. The van der Waals surface area contributed by atoms with Crippen molar-refractivity contribution in [2.45, 2.75) is 37.0 Å². The first-order valence-corrected chi connectivity index (χ1v) is 13.0. The maximum Gasteiger partial charge on any atom is 0.159 e. The summed E-state index contributed by atoms with van der Waals surface area (Å²) >= 11 is 0. The standard InChI is InChI=1S/C24H26N6O2S/c1-29-15-20(13-27-29)17-5-3-6-18(9-17)24-25-11-19(12-26-24)21-14-28-30(16-21)22-7-4-8-23(10-22)33(2,31)32/h3,5-6,9,11-16,22-23H,4,7-8,10H2,1-2H3. The monoisotopic (exact) mass is 462 g/mol. The van der Waals surface area contributed by atoms with E-state index in [0.29, 0.717) is 12.2 Å². The molecule has 0 radical (unpaired) electrons. The lowest BCUT2D eigenvalue weighted by Crippen LogP contribution is -2.29. The highest BCUT2D eigenvalue weighted by Crippen LogP contribution is 2.33. The second-order valence-corrected chi connectivity index (χ2v) is 11.1. The van der Waals surface area contributed by atoms with Crippen LogP contribution in [-0.2, 0) is 16.9 Å². The summed E-state index contributed by atoms with van der Waals surface area (Å²) in [6, 6.07) is 8.19. The lowest BCUT2D eigenvalue weighted by molar-refractivity contribution is 0.329. The van der Waals surface area contributed by atoms with Gasteiger partial charge in [-0.25, -0.2) is 18.4 Å². The van der Waals surface area contributed by atoms with E-state index in [2.05, 4.69) is 26.2 Å². The topological polar surface area (TPSA) is 95.6 Å². The molecule has 1 saturated carbocycles. The Morgan fingerprint density at radius 2 is 1.61 bits per heavy atom. The third kappa shape index (κ3) is 4.59. The molecule has 0 N–H and O–H groups in total. The maximum absolute atomic E-state index is 12.0. The van der Waals surface area contributed by atoms with Gasteiger partial charge in [-0.3, -0.25) is 9.36 Å². The average Bonchev–Trinajstić information content (AvgIpc) is 3.49. The van der Waals surface area contributed by atoms with Gasteiger partial charge in [0.1, 0.15) is 9.84 Å². The number of benzene rings is 1. The first kappa shape index (κ1) is 21.5. The van der Waals surface area contributed by atoms with Crippen LogP contribution in [0.25, 0.3) is 33.6 Å². The van der Waals surface area contributed by atoms with Crippen LogP contribution in [0.5, 0.6) is 0 Å². The molecule has 4 aromatic rings. The van der Waals surface area contributed by atoms with Crippen LogP contribution in [0.4, 0.5) is 0 Å². The second-order valence-electron chi connectivity index (χ2n) is 8.76. The van der Waals surface area contributed by atoms with Gasteiger partial charge >= 0.3 is 0 Å². The molecule has 1 fully saturated rings. The van der Waals surface area contributed by atoms with E-state index in [9.17, 15) is 8.42 Å². The minimum Gasteiger partial charge on any atom is -0.275 e. The lowest BCUT2D eigenvalue weighted by Gasteiger charge is -2.28. The van der Waals surface area contributed by atoms with Gasteiger partial charge in [0.2, 0.25) is 0 Å². The predicted octanol–water partition coefficient (Wildman–Crippen LogP) is 3.94. The highest BCUT2D eigenvalue weighted by molar-refractivity contribution is 7.91. The first-order chi connectivity index (χ1) is 15.9. The Morgan fingerprint density at radius 1 is 0.879 bits per heavy atom. The van der Waals surface area contributed by atoms with E-state index in [0.717, 1.165) is 47.1 Å². The first-order valence-electron chi connectivity index (χ1n) is 11.0. The zero-order valence-electron chi connectivity index (χ0n) is 18.7. The molecule has 2 atom stereocenters. The Balaban J connectivity index is 1.34. The van der Waals surface area contributed by atoms with Crippen molar-refractivity contribution in [3.8, 4) is 33.6 Å². The van der Waals surface area contributed by atoms with Crippen LogP contribution in [0.3, 0.4) is 0 Å². The van der Waals surface area contributed by atoms with Gasteiger partial charge in [0.25, 0.3) is 0 Å². The summed E-state index contributed by atoms with van der Waals surface area (Å²) in [6.07, 6.45) is 15.7. The molecule has 33 heavy (non-hydrogen) atoms. The second kappa shape index (κ2) is 8.55. The van der Waals surface area contributed by atoms with E-state index in [4.69, 9.17) is 0 Å². The summed E-state index contributed by atoms with van der Waals surface area (Å²) < 4.78 is 27.7. The van der Waals surface area contributed by atoms with Gasteiger partial charge < -0.3 is 0 Å². The molecule has 1 aliphatic rings. The number of hydrogen-bond acceptors (Lipinski definition) is 6. The highest BCUT2D eigenvalue weighted by Gasteiger charge is 2.30. The van der Waals surface area contributed by atoms with Gasteiger partial charge in [0.15, 0.2) is 5.82 Å². The van der Waals surface area contributed by atoms with Gasteiger partial charge in [0.05, 0.1) is 23.7 Å². The van der Waals surface area contributed by atoms with Gasteiger partial charge in [0, 0.05) is 60.3 Å². The third-order valence-electron chi connectivity index (χ3n) is 6.32. The number of rotatable bonds is 5. The maximum atomic E-state index is 12.0. The summed E-state index contributed by atoms with van der Waals surface area (Å²) in [5.74, 6) is 0.653. The Labute approximate surface area is 193 Å². The van der Waals surface area contributed by atoms with E-state index in [-0.39, 0.29) is 11.3 Å². The summed E-state index contributed by atoms with van der Waals surface area (Å²) in [7, 11) is -1.13. The van der Waals surface area contributed by atoms with Crippen molar-refractivity contribution in [1.82, 2.24) is 29.5 Å². The van der Waals surface area contributed by atoms with E-state index in [1.165, 1.54) is 6.26 Å². The molecule has 0 bridgehead atoms. The minimum atomic E-state index is -3.03. The van der Waals surface area contributed by atoms with Crippen LogP contribution in [0.1, 0.15) is 31.7 Å². The van der Waals surface area contributed by atoms with Gasteiger partial charge in [-0.2, -0.15) is 10.2 Å². The molecule has 8 nitrogen and oxygen atoms in total. The molecule has 3 heterocycles. The third-order valence-corrected chi connectivity index (χ3v) is 7.96. The number of sulfone groups is 1. The average molecular weight is 463 g/mol. The fourth-order valence-electron chi connectivity index (χ4n) is 4.47. The molecule has 2 unspecified atom stereocenters. The van der Waals surface area contributed by atoms with E-state index < -0.39 is 9.84 Å². The molecule has 0 spiro atoms. The fraction of sp³-hybridized carbons (Fsp3) is 0.333. The Hall–Kier alpha value is -3.33. The molecular weight excluding hydrogens is 436 g/mol. The predicted molar refractivity (Wildman–Crippen MR) is 127 cm³/mol. The molecule has 5 rings (SSSR count). The van der Waals surface area contributed by atoms with Gasteiger partial charge in [-0.15, -0.1) is 0 Å². The van der Waals surface area contributed by atoms with Crippen LogP contribution >= 0.6 is 0 Å². The fourth-order valence-corrected chi connectivity index (χ4v) is 5.64. The molecule has 170 valence electrons. The molecule has 1 aliphatic carbocycles. The van der Waals surface area contributed by atoms with Crippen molar-refractivity contribution in [2.75, 3.05) is 6.26 Å². The lowest BCUT2D eigenvalue weighted by atomic mass is 9.95. The van der Waals surface area contributed by atoms with Crippen LogP contribution in [-0.4, -0.2) is 49.5 Å². The zero-order chi connectivity index (χ0) is 23.0. The zero-order valence-corrected chi connectivity index (χ0v) is 19.5. The van der Waals surface area contributed by atoms with Crippen LogP contribution < -0.4 is 0 Å². The number of aryl methyl sites for hydroxylation is 1. The molecular formula is C24H26N6O2S. The normalized spacial score (nSPS) is 19.0. The van der Waals surface area contributed by atoms with Gasteiger partial charge in [-0.05, 0) is 30.9 Å². The smallest absolute Gasteiger partial charge is 0.159 e. The Kier molecular flexibility index (Phi) is 5.57. The molecule has 0 aliphatic heterocycles. The van der Waals surface area contributed by atoms with Crippen molar-refractivity contribution in [3.63, 3.8) is 0 Å². The van der Waals surface area contributed by atoms with Gasteiger partial charge in [-0.1, -0.05) is 24.6 Å². The number of aromatic nitrogens is 6. The molecule has 3 aromatic heterocycles. The van der Waals surface area contributed by atoms with Crippen LogP contribution in [0.2, 0.25) is 0 Å². The van der Waals surface area contributed by atoms with Crippen molar-refractivity contribution < 1.29 is 8.42 Å². The Bertz CT molecular complexity index is 1370. The van der Waals surface area contributed by atoms with Crippen molar-refractivity contribution >= 4 is 9.84 Å². The summed E-state index contributed by atoms with van der Waals surface area (Å²) in [6.45, 7) is 0. The van der Waals surface area contributed by atoms with Crippen molar-refractivity contribution in [1.29, 1.82) is 0 Å². The molecule has 1 aromatic carbocycles. The Morgan fingerprint density at radius 3 is 2.33 bits per heavy atom. The van der Waals surface area contributed by atoms with E-state index in [1.54, 1.807) is 23.3 Å². The molecule has 0 amide bonds. The summed E-state index contributed by atoms with van der Waals surface area (Å²) in [4.78, 5) is 9.17. The van der Waals surface area contributed by atoms with E-state index in [1.807, 2.05) is 48.5 Å². The van der Waals surface area contributed by atoms with Crippen molar-refractivity contribution in [2.24, 2.45) is 7.05 Å². The highest BCUT2D eigenvalue weighted by atomic mass is 32.2. The minimum absolute atomic E-state index is 0.0997. The summed E-state index contributed by atoms with van der Waals surface area (Å²) in [5.41, 5.74) is 4.85. The summed E-state index contributed by atoms with van der Waals surface area (Å²) in [5, 5.41) is 8.48. The number of nitrogens with zero attached hydrogens (tertiary/aromatic N) is 6. The molecule has 9 heteroatoms. The molecule has 0 saturated heterocycles. The largest absolute Gasteiger partial charge is 0.275 e. The van der Waals surface area contributed by atoms with Crippen LogP contribution in [0.15, 0.2) is 61.4 Å². The van der Waals surface area contributed by atoms with E-state index >= 15 is 0 Å². The van der Waals surface area contributed by atoms with Crippen molar-refractivity contribution in [3.05, 3.63) is 61.4 Å². The quantitative estimate of drug-likeness (QED) is 0.446. The number of hydrogen-bond donors (Lipinski definition) is 0.